The lowest BCUT2D eigenvalue weighted by atomic mass is 9.80. The number of rotatable bonds is 18. The van der Waals surface area contributed by atoms with Crippen molar-refractivity contribution in [2.75, 3.05) is 27.0 Å². The average Bonchev–Trinajstić information content (AvgIpc) is 3.90. The van der Waals surface area contributed by atoms with E-state index < -0.39 is 38.0 Å². The van der Waals surface area contributed by atoms with Gasteiger partial charge in [0.25, 0.3) is 5.56 Å². The molecule has 1 unspecified atom stereocenters. The molecule has 2 aliphatic rings. The lowest BCUT2D eigenvalue weighted by molar-refractivity contribution is -0.0916. The van der Waals surface area contributed by atoms with Crippen molar-refractivity contribution in [1.82, 2.24) is 13.8 Å². The van der Waals surface area contributed by atoms with E-state index in [1.165, 1.54) is 9.13 Å². The van der Waals surface area contributed by atoms with Crippen molar-refractivity contribution < 1.29 is 23.5 Å². The first-order valence-corrected chi connectivity index (χ1v) is 21.3. The number of allylic oxidation sites excluding steroid dienone is 4. The largest absolute Gasteiger partial charge is 0.497 e. The molecule has 1 aliphatic heterocycles. The minimum Gasteiger partial charge on any atom is -0.497 e. The predicted molar refractivity (Wildman–Crippen MR) is 227 cm³/mol. The van der Waals surface area contributed by atoms with Crippen LogP contribution in [0.4, 0.5) is 0 Å². The van der Waals surface area contributed by atoms with Gasteiger partial charge in [0.2, 0.25) is 0 Å². The second-order valence-electron chi connectivity index (χ2n) is 15.2. The highest BCUT2D eigenvalue weighted by atomic mass is 31.2. The zero-order valence-corrected chi connectivity index (χ0v) is 35.4. The van der Waals surface area contributed by atoms with Crippen LogP contribution in [-0.4, -0.2) is 65.1 Å². The summed E-state index contributed by atoms with van der Waals surface area (Å²) >= 11 is 0. The van der Waals surface area contributed by atoms with Gasteiger partial charge in [0.1, 0.15) is 37.7 Å². The second-order valence-corrected chi connectivity index (χ2v) is 17.1. The van der Waals surface area contributed by atoms with Crippen molar-refractivity contribution >= 4 is 8.30 Å². The van der Waals surface area contributed by atoms with Gasteiger partial charge in [-0.1, -0.05) is 78.9 Å². The minimum absolute atomic E-state index is 0.0638. The molecule has 1 saturated heterocycles. The summed E-state index contributed by atoms with van der Waals surface area (Å²) in [5, 5.41) is 9.70. The molecule has 0 N–H and O–H groups in total. The summed E-state index contributed by atoms with van der Waals surface area (Å²) < 4.78 is 37.6. The molecular weight excluding hydrogens is 752 g/mol. The van der Waals surface area contributed by atoms with Crippen LogP contribution < -0.4 is 20.7 Å². The number of aromatic nitrogens is 2. The molecule has 11 nitrogen and oxygen atoms in total. The lowest BCUT2D eigenvalue weighted by Gasteiger charge is -2.40. The predicted octanol–water partition coefficient (Wildman–Crippen LogP) is 8.10. The van der Waals surface area contributed by atoms with Crippen LogP contribution in [0.3, 0.4) is 0 Å². The number of hydrogen-bond donors (Lipinski definition) is 0. The highest BCUT2D eigenvalue weighted by Crippen LogP contribution is 2.50. The van der Waals surface area contributed by atoms with Gasteiger partial charge in [-0.3, -0.25) is 18.6 Å². The van der Waals surface area contributed by atoms with Crippen molar-refractivity contribution in [1.29, 1.82) is 5.26 Å². The zero-order chi connectivity index (χ0) is 41.4. The molecule has 4 atom stereocenters. The molecule has 0 bridgehead atoms. The number of methoxy groups -OCH3 is 2. The third kappa shape index (κ3) is 9.23. The molecule has 6 rings (SSSR count). The Morgan fingerprint density at radius 1 is 0.879 bits per heavy atom. The maximum atomic E-state index is 14.2. The average molecular weight is 807 g/mol. The number of nitriles is 1. The van der Waals surface area contributed by atoms with E-state index in [1.807, 2.05) is 103 Å². The van der Waals surface area contributed by atoms with E-state index in [4.69, 9.17) is 23.5 Å². The van der Waals surface area contributed by atoms with E-state index in [1.54, 1.807) is 27.3 Å². The van der Waals surface area contributed by atoms with E-state index in [2.05, 4.69) is 38.4 Å². The fourth-order valence-corrected chi connectivity index (χ4v) is 10.3. The molecule has 4 aromatic rings. The molecule has 0 amide bonds. The second kappa shape index (κ2) is 19.3. The standard InChI is InChI=1S/C46H55N4O7P/c1-32(2)50(33(3)4)58(27-13-26-47)57-41-28-43(48-29-34(5)44(51)49(45(48)52)30-35-14-11-12-15-35)56-42(41)31-55-46(36-16-9-8-10-17-36,37-18-22-39(53-6)23-19-37)38-20-24-40(54-7)25-21-38/h8-12,14-25,29,32-33,35,41-43H,13,27-28,30-31H2,1-7H3/t41-,42+,43+,58?/m0/s1. The molecule has 0 spiro atoms. The number of aryl methyl sites for hydroxylation is 1. The smallest absolute Gasteiger partial charge is 0.333 e. The van der Waals surface area contributed by atoms with Crippen LogP contribution in [-0.2, 0) is 26.1 Å². The van der Waals surface area contributed by atoms with E-state index in [0.29, 0.717) is 36.1 Å². The van der Waals surface area contributed by atoms with Gasteiger partial charge in [-0.2, -0.15) is 5.26 Å². The summed E-state index contributed by atoms with van der Waals surface area (Å²) in [4.78, 5) is 27.6. The molecule has 1 aliphatic carbocycles. The van der Waals surface area contributed by atoms with Gasteiger partial charge in [0, 0.05) is 55.3 Å². The van der Waals surface area contributed by atoms with Crippen LogP contribution in [0.2, 0.25) is 0 Å². The summed E-state index contributed by atoms with van der Waals surface area (Å²) in [7, 11) is 2.02. The normalized spacial score (nSPS) is 18.7. The van der Waals surface area contributed by atoms with Gasteiger partial charge in [0.15, 0.2) is 0 Å². The summed E-state index contributed by atoms with van der Waals surface area (Å²) in [5.41, 5.74) is 1.19. The third-order valence-electron chi connectivity index (χ3n) is 10.7. The summed E-state index contributed by atoms with van der Waals surface area (Å²) in [6, 6.07) is 28.4. The van der Waals surface area contributed by atoms with E-state index in [0.717, 1.165) is 16.7 Å². The Kier molecular flexibility index (Phi) is 14.2. The maximum absolute atomic E-state index is 14.2. The van der Waals surface area contributed by atoms with Crippen molar-refractivity contribution in [3.8, 4) is 17.6 Å². The number of hydrogen-bond acceptors (Lipinski definition) is 9. The highest BCUT2D eigenvalue weighted by Gasteiger charge is 2.45. The zero-order valence-electron chi connectivity index (χ0n) is 34.5. The maximum Gasteiger partial charge on any atom is 0.333 e. The summed E-state index contributed by atoms with van der Waals surface area (Å²) in [6.45, 7) is 10.6. The molecule has 12 heteroatoms. The first-order chi connectivity index (χ1) is 28.0. The number of ether oxygens (including phenoxy) is 4. The van der Waals surface area contributed by atoms with Crippen LogP contribution in [0, 0.1) is 24.2 Å². The Labute approximate surface area is 343 Å². The van der Waals surface area contributed by atoms with Crippen LogP contribution in [0.25, 0.3) is 0 Å². The van der Waals surface area contributed by atoms with E-state index in [9.17, 15) is 14.9 Å². The summed E-state index contributed by atoms with van der Waals surface area (Å²) in [5.74, 6) is 1.36. The third-order valence-corrected chi connectivity index (χ3v) is 13.3. The molecule has 1 fully saturated rings. The van der Waals surface area contributed by atoms with E-state index >= 15 is 0 Å². The molecular formula is C46H55N4O7P. The monoisotopic (exact) mass is 806 g/mol. The Balaban J connectivity index is 1.45. The molecule has 306 valence electrons. The molecule has 2 heterocycles. The van der Waals surface area contributed by atoms with Gasteiger partial charge >= 0.3 is 5.69 Å². The first kappa shape index (κ1) is 42.8. The van der Waals surface area contributed by atoms with Crippen LogP contribution in [0.1, 0.15) is 69.0 Å². The van der Waals surface area contributed by atoms with Crippen molar-refractivity contribution in [3.63, 3.8) is 0 Å². The lowest BCUT2D eigenvalue weighted by Crippen LogP contribution is -2.43. The highest BCUT2D eigenvalue weighted by molar-refractivity contribution is 7.50. The first-order valence-electron chi connectivity index (χ1n) is 19.9. The fraction of sp³-hybridized carbons (Fsp3) is 0.413. The van der Waals surface area contributed by atoms with Crippen molar-refractivity contribution in [2.45, 2.75) is 90.1 Å². The molecule has 1 aromatic heterocycles. The number of nitrogens with zero attached hydrogens (tertiary/aromatic N) is 4. The van der Waals surface area contributed by atoms with Crippen LogP contribution >= 0.6 is 8.30 Å². The van der Waals surface area contributed by atoms with Crippen molar-refractivity contribution in [3.05, 3.63) is 152 Å². The van der Waals surface area contributed by atoms with Crippen LogP contribution in [0.15, 0.2) is 119 Å². The van der Waals surface area contributed by atoms with E-state index in [-0.39, 0.29) is 36.7 Å². The Morgan fingerprint density at radius 2 is 1.45 bits per heavy atom. The van der Waals surface area contributed by atoms with Crippen molar-refractivity contribution in [2.24, 2.45) is 5.92 Å². The minimum atomic E-state index is -1.26. The summed E-state index contributed by atoms with van der Waals surface area (Å²) in [6.07, 6.45) is 8.69. The molecule has 0 radical (unpaired) electrons. The molecule has 58 heavy (non-hydrogen) atoms. The van der Waals surface area contributed by atoms with Gasteiger partial charge in [-0.05, 0) is 75.6 Å². The van der Waals surface area contributed by atoms with Gasteiger partial charge in [-0.25, -0.2) is 4.79 Å². The van der Waals surface area contributed by atoms with Gasteiger partial charge in [0.05, 0.1) is 33.0 Å². The van der Waals surface area contributed by atoms with Gasteiger partial charge < -0.3 is 23.5 Å². The SMILES string of the molecule is COc1ccc(C(OC[C@H]2O[C@@H](n3cc(C)c(=O)n(CC4C=CC=C4)c3=O)C[C@@H]2OP(CCC#N)N(C(C)C)C(C)C)(c2ccccc2)c2ccc(OC)cc2)cc1. The molecule has 0 saturated carbocycles. The Hall–Kier alpha value is -4.82. The van der Waals surface area contributed by atoms with Gasteiger partial charge in [-0.15, -0.1) is 0 Å². The van der Waals surface area contributed by atoms with Crippen LogP contribution in [0.5, 0.6) is 11.5 Å². The quantitative estimate of drug-likeness (QED) is 0.0727. The Bertz CT molecular complexity index is 2130. The molecule has 3 aromatic carbocycles. The topological polar surface area (TPSA) is 117 Å². The number of benzene rings is 3. The fourth-order valence-electron chi connectivity index (χ4n) is 7.99. The Morgan fingerprint density at radius 3 is 1.98 bits per heavy atom.